The third kappa shape index (κ3) is 11.5. The van der Waals surface area contributed by atoms with E-state index in [1.165, 1.54) is 0 Å². The maximum absolute atomic E-state index is 5.68. The van der Waals surface area contributed by atoms with Crippen molar-refractivity contribution in [3.05, 3.63) is 0 Å². The molecule has 0 amide bonds. The summed E-state index contributed by atoms with van der Waals surface area (Å²) in [4.78, 5) is 0. The number of hydrogen-bond donors (Lipinski definition) is 0. The van der Waals surface area contributed by atoms with Gasteiger partial charge in [-0.25, -0.2) is 0 Å². The Morgan fingerprint density at radius 1 is 0.929 bits per heavy atom. The van der Waals surface area contributed by atoms with E-state index in [0.29, 0.717) is 0 Å². The zero-order valence-corrected chi connectivity index (χ0v) is 14.3. The molecule has 0 unspecified atom stereocenters. The molecule has 0 rings (SSSR count). The Balaban J connectivity index is 3.23. The zero-order chi connectivity index (χ0) is 11.0. The summed E-state index contributed by atoms with van der Waals surface area (Å²) in [6.45, 7) is 10.6. The molecule has 0 radical (unpaired) electrons. The van der Waals surface area contributed by atoms with Crippen LogP contribution in [-0.4, -0.2) is 30.2 Å². The zero-order valence-electron chi connectivity index (χ0n) is 9.62. The van der Waals surface area contributed by atoms with E-state index < -0.39 is 17.0 Å². The van der Waals surface area contributed by atoms with Crippen molar-refractivity contribution in [1.82, 2.24) is 0 Å². The van der Waals surface area contributed by atoms with Crippen LogP contribution in [0.1, 0.15) is 40.5 Å². The fourth-order valence-corrected chi connectivity index (χ4v) is 5.03. The number of halogens is 1. The molecule has 0 atom stereocenters. The second-order valence-corrected chi connectivity index (χ2v) is 12.2. The SMILES string of the molecule is CC(C)CC[O][Sb]([I])[O]CCC(C)C. The quantitative estimate of drug-likeness (QED) is 0.440. The minimum absolute atomic E-state index is 0.732. The van der Waals surface area contributed by atoms with Gasteiger partial charge in [0.25, 0.3) is 0 Å². The van der Waals surface area contributed by atoms with E-state index in [2.05, 4.69) is 46.2 Å². The Labute approximate surface area is 106 Å². The van der Waals surface area contributed by atoms with Gasteiger partial charge in [0.05, 0.1) is 0 Å². The molecule has 0 saturated carbocycles. The van der Waals surface area contributed by atoms with Crippen LogP contribution in [0.15, 0.2) is 0 Å². The first-order valence-electron chi connectivity index (χ1n) is 5.24. The Morgan fingerprint density at radius 2 is 1.29 bits per heavy atom. The van der Waals surface area contributed by atoms with E-state index in [4.69, 9.17) is 6.03 Å². The van der Waals surface area contributed by atoms with Gasteiger partial charge in [0, 0.05) is 0 Å². The summed E-state index contributed by atoms with van der Waals surface area (Å²) in [5, 5.41) is 0. The van der Waals surface area contributed by atoms with E-state index in [1.54, 1.807) is 0 Å². The molecule has 0 aromatic rings. The van der Waals surface area contributed by atoms with E-state index in [0.717, 1.165) is 37.9 Å². The second-order valence-electron chi connectivity index (χ2n) is 4.24. The first-order valence-corrected chi connectivity index (χ1v) is 14.8. The van der Waals surface area contributed by atoms with Crippen molar-refractivity contribution in [3.63, 3.8) is 0 Å². The molecule has 86 valence electrons. The van der Waals surface area contributed by atoms with Gasteiger partial charge < -0.3 is 0 Å². The molecule has 4 heteroatoms. The van der Waals surface area contributed by atoms with Gasteiger partial charge in [-0.05, 0) is 0 Å². The van der Waals surface area contributed by atoms with Gasteiger partial charge in [-0.1, -0.05) is 0 Å². The summed E-state index contributed by atoms with van der Waals surface area (Å²) in [5.74, 6) is 1.46. The van der Waals surface area contributed by atoms with Gasteiger partial charge >= 0.3 is 107 Å². The summed E-state index contributed by atoms with van der Waals surface area (Å²) >= 11 is 0.617. The van der Waals surface area contributed by atoms with Crippen molar-refractivity contribution in [1.29, 1.82) is 0 Å². The first-order chi connectivity index (χ1) is 6.52. The summed E-state index contributed by atoms with van der Waals surface area (Å²) in [6.07, 6.45) is 2.30. The fourth-order valence-electron chi connectivity index (χ4n) is 0.758. The molecule has 0 aromatic carbocycles. The standard InChI is InChI=1S/2C5H11O.HI.Sb/c2*1-5(2)3-4-6;;/h2*5H,3-4H2,1-2H3;1H;/q2*-1;;+3/p-1. The molecule has 2 nitrogen and oxygen atoms in total. The van der Waals surface area contributed by atoms with E-state index >= 15 is 0 Å². The van der Waals surface area contributed by atoms with Crippen LogP contribution in [0.2, 0.25) is 0 Å². The van der Waals surface area contributed by atoms with Gasteiger partial charge in [0.15, 0.2) is 0 Å². The van der Waals surface area contributed by atoms with Crippen molar-refractivity contribution in [2.24, 2.45) is 11.8 Å². The fraction of sp³-hybridized carbons (Fsp3) is 1.00. The van der Waals surface area contributed by atoms with Crippen molar-refractivity contribution >= 4 is 35.5 Å². The molecule has 14 heavy (non-hydrogen) atoms. The third-order valence-electron chi connectivity index (χ3n) is 1.78. The van der Waals surface area contributed by atoms with Crippen LogP contribution in [0.4, 0.5) is 0 Å². The Morgan fingerprint density at radius 3 is 1.57 bits per heavy atom. The summed E-state index contributed by atoms with van der Waals surface area (Å²) < 4.78 is 11.4. The molecule has 0 saturated heterocycles. The molecule has 0 aliphatic carbocycles. The molecule has 0 aromatic heterocycles. The van der Waals surface area contributed by atoms with Crippen molar-refractivity contribution in [2.75, 3.05) is 13.2 Å². The van der Waals surface area contributed by atoms with Crippen LogP contribution in [0.3, 0.4) is 0 Å². The molecule has 0 N–H and O–H groups in total. The Kier molecular flexibility index (Phi) is 10.7. The first kappa shape index (κ1) is 15.5. The van der Waals surface area contributed by atoms with Gasteiger partial charge in [-0.2, -0.15) is 0 Å². The monoisotopic (exact) mass is 422 g/mol. The number of hydrogen-bond acceptors (Lipinski definition) is 2. The van der Waals surface area contributed by atoms with Crippen LogP contribution >= 0.6 is 18.5 Å². The molecule has 0 aliphatic heterocycles. The number of rotatable bonds is 8. The normalized spacial score (nSPS) is 12.0. The predicted molar refractivity (Wildman–Crippen MR) is 70.6 cm³/mol. The van der Waals surface area contributed by atoms with Crippen molar-refractivity contribution in [3.8, 4) is 0 Å². The predicted octanol–water partition coefficient (Wildman–Crippen LogP) is 3.53. The molecular weight excluding hydrogens is 401 g/mol. The molecule has 0 fully saturated rings. The Bertz CT molecular complexity index is 117. The molecule has 0 aliphatic rings. The Hall–Kier alpha value is 1.47. The van der Waals surface area contributed by atoms with Crippen LogP contribution in [0.25, 0.3) is 0 Å². The van der Waals surface area contributed by atoms with Crippen LogP contribution in [0.5, 0.6) is 0 Å². The topological polar surface area (TPSA) is 18.5 Å². The van der Waals surface area contributed by atoms with Gasteiger partial charge in [0.2, 0.25) is 0 Å². The molecule has 0 spiro atoms. The van der Waals surface area contributed by atoms with Crippen molar-refractivity contribution in [2.45, 2.75) is 40.5 Å². The minimum atomic E-state index is -1.76. The molecule has 0 bridgehead atoms. The van der Waals surface area contributed by atoms with Crippen LogP contribution < -0.4 is 0 Å². The van der Waals surface area contributed by atoms with Gasteiger partial charge in [-0.15, -0.1) is 0 Å². The van der Waals surface area contributed by atoms with Crippen molar-refractivity contribution < 1.29 is 6.03 Å². The molecular formula is C10H22IO2Sb. The van der Waals surface area contributed by atoms with E-state index in [1.807, 2.05) is 0 Å². The molecule has 0 heterocycles. The third-order valence-corrected chi connectivity index (χ3v) is 7.71. The van der Waals surface area contributed by atoms with Gasteiger partial charge in [0.1, 0.15) is 0 Å². The van der Waals surface area contributed by atoms with Crippen LogP contribution in [0, 0.1) is 11.8 Å². The summed E-state index contributed by atoms with van der Waals surface area (Å²) in [7, 11) is 0. The second kappa shape index (κ2) is 9.68. The summed E-state index contributed by atoms with van der Waals surface area (Å²) in [6, 6.07) is 0. The van der Waals surface area contributed by atoms with Crippen LogP contribution in [-0.2, 0) is 6.03 Å². The average molecular weight is 423 g/mol. The van der Waals surface area contributed by atoms with E-state index in [-0.39, 0.29) is 0 Å². The van der Waals surface area contributed by atoms with Gasteiger partial charge in [-0.3, -0.25) is 0 Å². The van der Waals surface area contributed by atoms with E-state index in [9.17, 15) is 0 Å². The average Bonchev–Trinajstić information content (AvgIpc) is 2.02. The maximum atomic E-state index is 5.68. The summed E-state index contributed by atoms with van der Waals surface area (Å²) in [5.41, 5.74) is 0.